The highest BCUT2D eigenvalue weighted by Crippen LogP contribution is 2.27. The van der Waals surface area contributed by atoms with Crippen LogP contribution >= 0.6 is 11.3 Å². The summed E-state index contributed by atoms with van der Waals surface area (Å²) in [6, 6.07) is 6.32. The molecule has 1 aromatic heterocycles. The Morgan fingerprint density at radius 1 is 1.33 bits per heavy atom. The summed E-state index contributed by atoms with van der Waals surface area (Å²) in [5, 5.41) is 0.981. The summed E-state index contributed by atoms with van der Waals surface area (Å²) >= 11 is 1.58. The van der Waals surface area contributed by atoms with Gasteiger partial charge in [0.2, 0.25) is 0 Å². The van der Waals surface area contributed by atoms with Crippen molar-refractivity contribution in [3.05, 3.63) is 40.0 Å². The van der Waals surface area contributed by atoms with Gasteiger partial charge >= 0.3 is 0 Å². The SMILES string of the molecule is Cc1nc(-c2ccc(F)cc2)c(CN)s1. The predicted octanol–water partition coefficient (Wildman–Crippen LogP) is 2.72. The molecule has 0 radical (unpaired) electrons. The number of hydrogen-bond donors (Lipinski definition) is 1. The quantitative estimate of drug-likeness (QED) is 0.848. The minimum absolute atomic E-state index is 0.236. The Labute approximate surface area is 91.6 Å². The molecule has 2 N–H and O–H groups in total. The molecule has 0 amide bonds. The van der Waals surface area contributed by atoms with Crippen LogP contribution in [0.1, 0.15) is 9.88 Å². The maximum atomic E-state index is 12.7. The van der Waals surface area contributed by atoms with Crippen molar-refractivity contribution in [2.45, 2.75) is 13.5 Å². The minimum atomic E-state index is -0.236. The molecule has 0 unspecified atom stereocenters. The van der Waals surface area contributed by atoms with Crippen LogP contribution in [0.25, 0.3) is 11.3 Å². The summed E-state index contributed by atoms with van der Waals surface area (Å²) in [5.41, 5.74) is 7.42. The second kappa shape index (κ2) is 4.08. The lowest BCUT2D eigenvalue weighted by molar-refractivity contribution is 0.628. The van der Waals surface area contributed by atoms with E-state index >= 15 is 0 Å². The first kappa shape index (κ1) is 10.3. The minimum Gasteiger partial charge on any atom is -0.326 e. The Kier molecular flexibility index (Phi) is 2.79. The van der Waals surface area contributed by atoms with Crippen LogP contribution in [-0.4, -0.2) is 4.98 Å². The van der Waals surface area contributed by atoms with E-state index in [4.69, 9.17) is 5.73 Å². The molecule has 78 valence electrons. The van der Waals surface area contributed by atoms with E-state index in [1.165, 1.54) is 12.1 Å². The Morgan fingerprint density at radius 3 is 2.60 bits per heavy atom. The molecule has 2 nitrogen and oxygen atoms in total. The van der Waals surface area contributed by atoms with Crippen molar-refractivity contribution in [3.63, 3.8) is 0 Å². The average molecular weight is 222 g/mol. The molecule has 0 fully saturated rings. The monoisotopic (exact) mass is 222 g/mol. The number of nitrogens with zero attached hydrogens (tertiary/aromatic N) is 1. The molecule has 0 aliphatic carbocycles. The number of aromatic nitrogens is 1. The summed E-state index contributed by atoms with van der Waals surface area (Å²) < 4.78 is 12.7. The van der Waals surface area contributed by atoms with Crippen LogP contribution in [0.3, 0.4) is 0 Å². The summed E-state index contributed by atoms with van der Waals surface area (Å²) in [6.45, 7) is 2.41. The summed E-state index contributed by atoms with van der Waals surface area (Å²) in [4.78, 5) is 5.44. The van der Waals surface area contributed by atoms with Gasteiger partial charge < -0.3 is 5.73 Å². The Balaban J connectivity index is 2.48. The number of nitrogens with two attached hydrogens (primary N) is 1. The van der Waals surface area contributed by atoms with Crippen LogP contribution < -0.4 is 5.73 Å². The Morgan fingerprint density at radius 2 is 2.00 bits per heavy atom. The standard InChI is InChI=1S/C11H11FN2S/c1-7-14-11(10(6-13)15-7)8-2-4-9(12)5-3-8/h2-5H,6,13H2,1H3. The van der Waals surface area contributed by atoms with Gasteiger partial charge in [-0.05, 0) is 31.2 Å². The molecular weight excluding hydrogens is 211 g/mol. The molecule has 15 heavy (non-hydrogen) atoms. The van der Waals surface area contributed by atoms with Crippen LogP contribution in [0.4, 0.5) is 4.39 Å². The molecule has 0 saturated heterocycles. The number of thiazole rings is 1. The molecule has 0 atom stereocenters. The topological polar surface area (TPSA) is 38.9 Å². The summed E-state index contributed by atoms with van der Waals surface area (Å²) in [5.74, 6) is -0.236. The second-order valence-corrected chi connectivity index (χ2v) is 4.50. The van der Waals surface area contributed by atoms with Gasteiger partial charge in [-0.25, -0.2) is 9.37 Å². The Bertz CT molecular complexity index is 462. The lowest BCUT2D eigenvalue weighted by Crippen LogP contribution is -1.95. The molecule has 0 bridgehead atoms. The second-order valence-electron chi connectivity index (χ2n) is 3.22. The zero-order chi connectivity index (χ0) is 10.8. The van der Waals surface area contributed by atoms with Crippen molar-refractivity contribution in [2.75, 3.05) is 0 Å². The molecule has 2 rings (SSSR count). The molecular formula is C11H11FN2S. The van der Waals surface area contributed by atoms with Crippen molar-refractivity contribution in [1.29, 1.82) is 0 Å². The predicted molar refractivity (Wildman–Crippen MR) is 60.1 cm³/mol. The third-order valence-electron chi connectivity index (χ3n) is 2.11. The van der Waals surface area contributed by atoms with Gasteiger partial charge in [-0.2, -0.15) is 0 Å². The number of aryl methyl sites for hydroxylation is 1. The highest BCUT2D eigenvalue weighted by Gasteiger charge is 2.09. The molecule has 2 aromatic rings. The average Bonchev–Trinajstić information content (AvgIpc) is 2.61. The normalized spacial score (nSPS) is 10.6. The van der Waals surface area contributed by atoms with Gasteiger partial charge in [-0.3, -0.25) is 0 Å². The van der Waals surface area contributed by atoms with Gasteiger partial charge in [0.25, 0.3) is 0 Å². The fourth-order valence-electron chi connectivity index (χ4n) is 1.44. The molecule has 4 heteroatoms. The zero-order valence-corrected chi connectivity index (χ0v) is 9.14. The smallest absolute Gasteiger partial charge is 0.123 e. The van der Waals surface area contributed by atoms with Crippen LogP contribution in [0, 0.1) is 12.7 Å². The first-order chi connectivity index (χ1) is 7.20. The molecule has 0 aliphatic rings. The van der Waals surface area contributed by atoms with Crippen LogP contribution in [-0.2, 0) is 6.54 Å². The first-order valence-corrected chi connectivity index (χ1v) is 5.44. The van der Waals surface area contributed by atoms with Gasteiger partial charge in [-0.1, -0.05) is 0 Å². The van der Waals surface area contributed by atoms with Crippen molar-refractivity contribution < 1.29 is 4.39 Å². The highest BCUT2D eigenvalue weighted by atomic mass is 32.1. The Hall–Kier alpha value is -1.26. The van der Waals surface area contributed by atoms with E-state index in [0.29, 0.717) is 6.54 Å². The molecule has 1 heterocycles. The fraction of sp³-hybridized carbons (Fsp3) is 0.182. The first-order valence-electron chi connectivity index (χ1n) is 4.63. The molecule has 0 spiro atoms. The molecule has 0 aliphatic heterocycles. The van der Waals surface area contributed by atoms with Crippen LogP contribution in [0.15, 0.2) is 24.3 Å². The van der Waals surface area contributed by atoms with Crippen LogP contribution in [0.5, 0.6) is 0 Å². The van der Waals surface area contributed by atoms with E-state index in [2.05, 4.69) is 4.98 Å². The van der Waals surface area contributed by atoms with E-state index in [9.17, 15) is 4.39 Å². The number of benzene rings is 1. The molecule has 0 saturated carbocycles. The maximum absolute atomic E-state index is 12.7. The van der Waals surface area contributed by atoms with E-state index in [1.807, 2.05) is 6.92 Å². The van der Waals surface area contributed by atoms with Gasteiger partial charge in [0, 0.05) is 17.0 Å². The largest absolute Gasteiger partial charge is 0.326 e. The summed E-state index contributed by atoms with van der Waals surface area (Å²) in [6.07, 6.45) is 0. The van der Waals surface area contributed by atoms with Crippen molar-refractivity contribution >= 4 is 11.3 Å². The third kappa shape index (κ3) is 2.06. The zero-order valence-electron chi connectivity index (χ0n) is 8.33. The van der Waals surface area contributed by atoms with Crippen molar-refractivity contribution in [2.24, 2.45) is 5.73 Å². The summed E-state index contributed by atoms with van der Waals surface area (Å²) in [7, 11) is 0. The van der Waals surface area contributed by atoms with E-state index in [0.717, 1.165) is 21.1 Å². The van der Waals surface area contributed by atoms with Crippen molar-refractivity contribution in [3.8, 4) is 11.3 Å². The number of hydrogen-bond acceptors (Lipinski definition) is 3. The number of halogens is 1. The fourth-order valence-corrected chi connectivity index (χ4v) is 2.28. The third-order valence-corrected chi connectivity index (χ3v) is 3.10. The van der Waals surface area contributed by atoms with Crippen molar-refractivity contribution in [1.82, 2.24) is 4.98 Å². The van der Waals surface area contributed by atoms with Crippen LogP contribution in [0.2, 0.25) is 0 Å². The lowest BCUT2D eigenvalue weighted by atomic mass is 10.1. The van der Waals surface area contributed by atoms with Gasteiger partial charge in [0.05, 0.1) is 10.7 Å². The van der Waals surface area contributed by atoms with Gasteiger partial charge in [0.1, 0.15) is 5.82 Å². The van der Waals surface area contributed by atoms with Gasteiger partial charge in [0.15, 0.2) is 0 Å². The molecule has 1 aromatic carbocycles. The lowest BCUT2D eigenvalue weighted by Gasteiger charge is -1.99. The highest BCUT2D eigenvalue weighted by molar-refractivity contribution is 7.12. The number of rotatable bonds is 2. The van der Waals surface area contributed by atoms with E-state index < -0.39 is 0 Å². The maximum Gasteiger partial charge on any atom is 0.123 e. The van der Waals surface area contributed by atoms with E-state index in [-0.39, 0.29) is 5.82 Å². The van der Waals surface area contributed by atoms with E-state index in [1.54, 1.807) is 23.5 Å². The van der Waals surface area contributed by atoms with Gasteiger partial charge in [-0.15, -0.1) is 11.3 Å².